The first kappa shape index (κ1) is 33.9. The van der Waals surface area contributed by atoms with E-state index in [4.69, 9.17) is 4.74 Å². The van der Waals surface area contributed by atoms with Gasteiger partial charge < -0.3 is 30.3 Å². The summed E-state index contributed by atoms with van der Waals surface area (Å²) in [5.74, 6) is 0.912. The molecule has 2 heterocycles. The fourth-order valence-corrected chi connectivity index (χ4v) is 6.42. The summed E-state index contributed by atoms with van der Waals surface area (Å²) in [6.45, 7) is 14.9. The van der Waals surface area contributed by atoms with Crippen molar-refractivity contribution in [3.05, 3.63) is 47.9 Å². The minimum atomic E-state index is -0.630. The average Bonchev–Trinajstić information content (AvgIpc) is 3.25. The predicted molar refractivity (Wildman–Crippen MR) is 170 cm³/mol. The third kappa shape index (κ3) is 8.73. The lowest BCUT2D eigenvalue weighted by Gasteiger charge is -2.55. The van der Waals surface area contributed by atoms with Crippen molar-refractivity contribution in [3.63, 3.8) is 0 Å². The van der Waals surface area contributed by atoms with E-state index in [1.54, 1.807) is 13.1 Å². The molecule has 8 nitrogen and oxygen atoms in total. The Balaban J connectivity index is 1.53. The van der Waals surface area contributed by atoms with Crippen LogP contribution in [0.15, 0.2) is 47.9 Å². The Labute approximate surface area is 254 Å². The van der Waals surface area contributed by atoms with Crippen molar-refractivity contribution in [2.45, 2.75) is 109 Å². The Hall–Kier alpha value is -2.58. The molecule has 3 rings (SSSR count). The zero-order chi connectivity index (χ0) is 30.5. The number of piperazine rings is 1. The Bertz CT molecular complexity index is 996. The first-order valence-electron chi connectivity index (χ1n) is 16.4. The lowest BCUT2D eigenvalue weighted by atomic mass is 9.79. The van der Waals surface area contributed by atoms with E-state index < -0.39 is 17.7 Å². The summed E-state index contributed by atoms with van der Waals surface area (Å²) in [6, 6.07) is -0.424. The quantitative estimate of drug-likeness (QED) is 0.225. The van der Waals surface area contributed by atoms with Crippen LogP contribution in [0.5, 0.6) is 0 Å². The molecule has 0 saturated carbocycles. The van der Waals surface area contributed by atoms with E-state index in [0.29, 0.717) is 18.6 Å². The highest BCUT2D eigenvalue weighted by atomic mass is 16.5. The molecule has 1 aliphatic carbocycles. The Kier molecular flexibility index (Phi) is 13.6. The second kappa shape index (κ2) is 16.9. The van der Waals surface area contributed by atoms with Gasteiger partial charge in [0.25, 0.3) is 5.91 Å². The number of rotatable bonds is 16. The molecule has 0 bridgehead atoms. The standard InChI is InChI=1S/C34H56N4O4/c1-6-8-10-11-14-26(3)31(39)30-27(4)38(22-9-7-2)34(33(41)36-30)19-23-37(24-20-34)21-13-25-42-29-16-12-15-28(17-18-29)32(40)35-5/h12,15,17-18,26,30-31,39H,4,6-11,13-14,16,19-25H2,1-3,5H3,(H,35,40)(H,36,41)/t26?,30?,31-/m1/s1. The van der Waals surface area contributed by atoms with Gasteiger partial charge in [-0.2, -0.15) is 0 Å². The SMILES string of the molecule is C=C1C([C@H](O)C(C)CCCCCC)NC(=O)C2(CCN(CCCOC3=CC=C(C(=O)NC)C=CC3)CC2)N1CCCC. The van der Waals surface area contributed by atoms with Crippen LogP contribution in [-0.4, -0.2) is 84.2 Å². The van der Waals surface area contributed by atoms with Crippen molar-refractivity contribution in [3.8, 4) is 0 Å². The van der Waals surface area contributed by atoms with Gasteiger partial charge in [-0.1, -0.05) is 71.6 Å². The highest BCUT2D eigenvalue weighted by molar-refractivity contribution is 5.96. The van der Waals surface area contributed by atoms with Crippen molar-refractivity contribution in [2.24, 2.45) is 5.92 Å². The number of nitrogens with one attached hydrogen (secondary N) is 2. The molecule has 3 aliphatic rings. The maximum Gasteiger partial charge on any atom is 0.251 e. The molecule has 2 fully saturated rings. The number of carbonyl (C=O) groups is 2. The van der Waals surface area contributed by atoms with Crippen LogP contribution in [0.25, 0.3) is 0 Å². The van der Waals surface area contributed by atoms with Gasteiger partial charge in [0.2, 0.25) is 5.91 Å². The maximum absolute atomic E-state index is 13.8. The normalized spacial score (nSPS) is 22.2. The number of unbranched alkanes of at least 4 members (excludes halogenated alkanes) is 4. The van der Waals surface area contributed by atoms with Crippen molar-refractivity contribution in [2.75, 3.05) is 39.8 Å². The zero-order valence-electron chi connectivity index (χ0n) is 26.6. The third-order valence-electron chi connectivity index (χ3n) is 9.25. The fourth-order valence-electron chi connectivity index (χ4n) is 6.42. The molecule has 3 atom stereocenters. The Morgan fingerprint density at radius 3 is 2.57 bits per heavy atom. The van der Waals surface area contributed by atoms with E-state index in [1.165, 1.54) is 19.3 Å². The van der Waals surface area contributed by atoms with E-state index in [9.17, 15) is 14.7 Å². The molecular formula is C34H56N4O4. The second-order valence-electron chi connectivity index (χ2n) is 12.3. The van der Waals surface area contributed by atoms with Gasteiger partial charge in [0, 0.05) is 50.9 Å². The largest absolute Gasteiger partial charge is 0.498 e. The number of hydrogen-bond donors (Lipinski definition) is 3. The minimum Gasteiger partial charge on any atom is -0.498 e. The number of ether oxygens (including phenoxy) is 1. The lowest BCUT2D eigenvalue weighted by molar-refractivity contribution is -0.142. The van der Waals surface area contributed by atoms with Gasteiger partial charge in [0.05, 0.1) is 24.5 Å². The maximum atomic E-state index is 13.8. The monoisotopic (exact) mass is 584 g/mol. The van der Waals surface area contributed by atoms with Crippen LogP contribution in [0.4, 0.5) is 0 Å². The highest BCUT2D eigenvalue weighted by Gasteiger charge is 2.52. The van der Waals surface area contributed by atoms with E-state index >= 15 is 0 Å². The summed E-state index contributed by atoms with van der Waals surface area (Å²) in [5, 5.41) is 17.2. The molecule has 2 saturated heterocycles. The molecule has 2 amide bonds. The average molecular weight is 585 g/mol. The van der Waals surface area contributed by atoms with Crippen molar-refractivity contribution in [1.82, 2.24) is 20.4 Å². The summed E-state index contributed by atoms with van der Waals surface area (Å²) in [5.41, 5.74) is 0.905. The summed E-state index contributed by atoms with van der Waals surface area (Å²) in [4.78, 5) is 30.3. The van der Waals surface area contributed by atoms with Gasteiger partial charge in [-0.05, 0) is 50.2 Å². The number of amides is 2. The van der Waals surface area contributed by atoms with Crippen LogP contribution in [0, 0.1) is 5.92 Å². The molecule has 2 unspecified atom stereocenters. The van der Waals surface area contributed by atoms with Crippen LogP contribution < -0.4 is 10.6 Å². The molecule has 0 aromatic heterocycles. The molecule has 1 spiro atoms. The van der Waals surface area contributed by atoms with E-state index in [2.05, 4.69) is 47.8 Å². The molecule has 3 N–H and O–H groups in total. The number of carbonyl (C=O) groups excluding carboxylic acids is 2. The first-order valence-corrected chi connectivity index (χ1v) is 16.4. The summed E-state index contributed by atoms with van der Waals surface area (Å²) < 4.78 is 6.01. The number of piperidine rings is 1. The molecule has 8 heteroatoms. The van der Waals surface area contributed by atoms with Crippen LogP contribution in [0.3, 0.4) is 0 Å². The topological polar surface area (TPSA) is 94.1 Å². The number of hydrogen-bond acceptors (Lipinski definition) is 6. The number of likely N-dealkylation sites (tertiary alicyclic amines) is 1. The smallest absolute Gasteiger partial charge is 0.251 e. The van der Waals surface area contributed by atoms with Crippen LogP contribution in [0.2, 0.25) is 0 Å². The van der Waals surface area contributed by atoms with Gasteiger partial charge in [0.1, 0.15) is 5.54 Å². The number of allylic oxidation sites excluding steroid dienone is 3. The van der Waals surface area contributed by atoms with Crippen molar-refractivity contribution < 1.29 is 19.4 Å². The van der Waals surface area contributed by atoms with Crippen LogP contribution in [-0.2, 0) is 14.3 Å². The van der Waals surface area contributed by atoms with Gasteiger partial charge >= 0.3 is 0 Å². The molecular weight excluding hydrogens is 528 g/mol. The van der Waals surface area contributed by atoms with E-state index in [-0.39, 0.29) is 17.7 Å². The number of nitrogens with zero attached hydrogens (tertiary/aromatic N) is 2. The molecule has 42 heavy (non-hydrogen) atoms. The number of aliphatic hydroxyl groups excluding tert-OH is 1. The van der Waals surface area contributed by atoms with Gasteiger partial charge in [-0.3, -0.25) is 9.59 Å². The van der Waals surface area contributed by atoms with E-state index in [1.807, 2.05) is 18.2 Å². The Morgan fingerprint density at radius 1 is 1.14 bits per heavy atom. The fraction of sp³-hybridized carbons (Fsp3) is 0.706. The molecule has 0 aromatic carbocycles. The van der Waals surface area contributed by atoms with Crippen molar-refractivity contribution in [1.29, 1.82) is 0 Å². The van der Waals surface area contributed by atoms with Gasteiger partial charge in [-0.25, -0.2) is 0 Å². The molecule has 236 valence electrons. The zero-order valence-corrected chi connectivity index (χ0v) is 26.6. The second-order valence-corrected chi connectivity index (χ2v) is 12.3. The van der Waals surface area contributed by atoms with Gasteiger partial charge in [-0.15, -0.1) is 0 Å². The first-order chi connectivity index (χ1) is 20.3. The molecule has 0 radical (unpaired) electrons. The molecule has 2 aliphatic heterocycles. The number of aliphatic hydroxyl groups is 1. The van der Waals surface area contributed by atoms with Crippen LogP contribution in [0.1, 0.15) is 91.4 Å². The summed E-state index contributed by atoms with van der Waals surface area (Å²) >= 11 is 0. The lowest BCUT2D eigenvalue weighted by Crippen LogP contribution is -2.71. The van der Waals surface area contributed by atoms with E-state index in [0.717, 1.165) is 82.6 Å². The molecule has 0 aromatic rings. The summed E-state index contributed by atoms with van der Waals surface area (Å²) in [7, 11) is 1.63. The van der Waals surface area contributed by atoms with Gasteiger partial charge in [0.15, 0.2) is 0 Å². The highest BCUT2D eigenvalue weighted by Crippen LogP contribution is 2.38. The number of likely N-dealkylation sites (N-methyl/N-ethyl adjacent to an activating group) is 1. The Morgan fingerprint density at radius 2 is 1.88 bits per heavy atom. The minimum absolute atomic E-state index is 0.0498. The third-order valence-corrected chi connectivity index (χ3v) is 9.25. The van der Waals surface area contributed by atoms with Crippen molar-refractivity contribution >= 4 is 11.8 Å². The predicted octanol–water partition coefficient (Wildman–Crippen LogP) is 4.83. The van der Waals surface area contributed by atoms with Crippen LogP contribution >= 0.6 is 0 Å². The summed E-state index contributed by atoms with van der Waals surface area (Å²) in [6.07, 6.45) is 17.6.